The van der Waals surface area contributed by atoms with Crippen LogP contribution in [-0.2, 0) is 14.4 Å². The van der Waals surface area contributed by atoms with E-state index >= 15 is 0 Å². The lowest BCUT2D eigenvalue weighted by atomic mass is 9.93. The highest BCUT2D eigenvalue weighted by atomic mass is 16.4. The Hall–Kier alpha value is -1.59. The van der Waals surface area contributed by atoms with Gasteiger partial charge in [0.25, 0.3) is 0 Å². The van der Waals surface area contributed by atoms with Crippen LogP contribution in [0.5, 0.6) is 0 Å². The Kier molecular flexibility index (Phi) is 5.49. The Morgan fingerprint density at radius 2 is 1.81 bits per heavy atom. The van der Waals surface area contributed by atoms with Crippen molar-refractivity contribution < 1.29 is 19.5 Å². The lowest BCUT2D eigenvalue weighted by Gasteiger charge is -2.18. The molecule has 4 N–H and O–H groups in total. The van der Waals surface area contributed by atoms with Crippen molar-refractivity contribution in [2.45, 2.75) is 33.1 Å². The number of hydrogen-bond acceptors (Lipinski definition) is 3. The van der Waals surface area contributed by atoms with Crippen LogP contribution in [0.25, 0.3) is 0 Å². The Morgan fingerprint density at radius 1 is 1.25 bits per heavy atom. The predicted molar refractivity (Wildman–Crippen MR) is 57.5 cm³/mol. The van der Waals surface area contributed by atoms with Crippen molar-refractivity contribution in [3.63, 3.8) is 0 Å². The number of aliphatic carboxylic acids is 1. The average molecular weight is 230 g/mol. The highest BCUT2D eigenvalue weighted by molar-refractivity contribution is 6.00. The van der Waals surface area contributed by atoms with Crippen molar-refractivity contribution in [2.75, 3.05) is 6.54 Å². The van der Waals surface area contributed by atoms with Crippen LogP contribution in [0.4, 0.5) is 0 Å². The van der Waals surface area contributed by atoms with Crippen LogP contribution in [0.1, 0.15) is 33.1 Å². The molecule has 0 aromatic rings. The fraction of sp³-hybridized carbons (Fsp3) is 0.700. The van der Waals surface area contributed by atoms with Crippen molar-refractivity contribution in [3.05, 3.63) is 0 Å². The van der Waals surface area contributed by atoms with Crippen LogP contribution in [-0.4, -0.2) is 29.4 Å². The Labute approximate surface area is 94.2 Å². The summed E-state index contributed by atoms with van der Waals surface area (Å²) in [7, 11) is 0. The Bertz CT molecular complexity index is 287. The SMILES string of the molecule is CC(C)(C(=O)O)C(=O)NCCCCC(N)=O. The first-order chi connectivity index (χ1) is 7.28. The standard InChI is InChI=1S/C10H18N2O4/c1-10(2,9(15)16)8(14)12-6-4-3-5-7(11)13/h3-6H2,1-2H3,(H2,11,13)(H,12,14)(H,15,16). The van der Waals surface area contributed by atoms with E-state index < -0.39 is 17.3 Å². The third-order valence-electron chi connectivity index (χ3n) is 2.24. The fourth-order valence-electron chi connectivity index (χ4n) is 0.944. The summed E-state index contributed by atoms with van der Waals surface area (Å²) < 4.78 is 0. The third-order valence-corrected chi connectivity index (χ3v) is 2.24. The molecule has 0 radical (unpaired) electrons. The Balaban J connectivity index is 3.82. The van der Waals surface area contributed by atoms with Gasteiger partial charge in [-0.15, -0.1) is 0 Å². The number of nitrogens with two attached hydrogens (primary N) is 1. The molecule has 92 valence electrons. The molecule has 0 bridgehead atoms. The summed E-state index contributed by atoms with van der Waals surface area (Å²) in [5.41, 5.74) is 3.51. The normalized spacial score (nSPS) is 10.9. The van der Waals surface area contributed by atoms with Crippen molar-refractivity contribution in [3.8, 4) is 0 Å². The molecule has 6 nitrogen and oxygen atoms in total. The minimum Gasteiger partial charge on any atom is -0.480 e. The van der Waals surface area contributed by atoms with Crippen LogP contribution in [0.15, 0.2) is 0 Å². The number of rotatable bonds is 7. The molecule has 0 rings (SSSR count). The average Bonchev–Trinajstić information content (AvgIpc) is 2.16. The van der Waals surface area contributed by atoms with Gasteiger partial charge < -0.3 is 16.2 Å². The van der Waals surface area contributed by atoms with Gasteiger partial charge in [-0.2, -0.15) is 0 Å². The zero-order chi connectivity index (χ0) is 12.8. The van der Waals surface area contributed by atoms with E-state index in [0.29, 0.717) is 19.4 Å². The van der Waals surface area contributed by atoms with Gasteiger partial charge >= 0.3 is 5.97 Å². The molecule has 0 aliphatic rings. The number of carboxylic acids is 1. The van der Waals surface area contributed by atoms with Crippen LogP contribution in [0.3, 0.4) is 0 Å². The van der Waals surface area contributed by atoms with Crippen LogP contribution >= 0.6 is 0 Å². The number of carbonyl (C=O) groups is 3. The summed E-state index contributed by atoms with van der Waals surface area (Å²) in [5, 5.41) is 11.3. The number of carboxylic acid groups (broad SMARTS) is 1. The molecular weight excluding hydrogens is 212 g/mol. The molecule has 16 heavy (non-hydrogen) atoms. The number of amides is 2. The number of unbranched alkanes of at least 4 members (excludes halogenated alkanes) is 1. The minimum absolute atomic E-state index is 0.276. The topological polar surface area (TPSA) is 109 Å². The largest absolute Gasteiger partial charge is 0.480 e. The summed E-state index contributed by atoms with van der Waals surface area (Å²) in [5.74, 6) is -2.07. The van der Waals surface area contributed by atoms with Gasteiger partial charge in [0.1, 0.15) is 5.41 Å². The van der Waals surface area contributed by atoms with E-state index in [9.17, 15) is 14.4 Å². The Morgan fingerprint density at radius 3 is 2.25 bits per heavy atom. The first-order valence-electron chi connectivity index (χ1n) is 5.08. The molecule has 0 heterocycles. The second-order valence-corrected chi connectivity index (χ2v) is 4.11. The van der Waals surface area contributed by atoms with Crippen LogP contribution in [0.2, 0.25) is 0 Å². The van der Waals surface area contributed by atoms with E-state index in [0.717, 1.165) is 0 Å². The molecule has 0 saturated carbocycles. The summed E-state index contributed by atoms with van der Waals surface area (Å²) >= 11 is 0. The highest BCUT2D eigenvalue weighted by Crippen LogP contribution is 2.14. The molecule has 0 aromatic carbocycles. The van der Waals surface area contributed by atoms with Crippen molar-refractivity contribution >= 4 is 17.8 Å². The van der Waals surface area contributed by atoms with E-state index in [4.69, 9.17) is 10.8 Å². The van der Waals surface area contributed by atoms with Crippen LogP contribution < -0.4 is 11.1 Å². The van der Waals surface area contributed by atoms with Gasteiger partial charge in [0.05, 0.1) is 0 Å². The lowest BCUT2D eigenvalue weighted by molar-refractivity contribution is -0.153. The molecule has 0 unspecified atom stereocenters. The maximum atomic E-state index is 11.4. The van der Waals surface area contributed by atoms with Crippen LogP contribution in [0, 0.1) is 5.41 Å². The molecule has 0 atom stereocenters. The molecule has 0 spiro atoms. The van der Waals surface area contributed by atoms with Gasteiger partial charge in [0.2, 0.25) is 11.8 Å². The highest BCUT2D eigenvalue weighted by Gasteiger charge is 2.35. The lowest BCUT2D eigenvalue weighted by Crippen LogP contribution is -2.42. The molecule has 0 aliphatic carbocycles. The maximum Gasteiger partial charge on any atom is 0.318 e. The maximum absolute atomic E-state index is 11.4. The van der Waals surface area contributed by atoms with Gasteiger partial charge in [-0.25, -0.2) is 0 Å². The van der Waals surface area contributed by atoms with E-state index in [1.54, 1.807) is 0 Å². The van der Waals surface area contributed by atoms with Gasteiger partial charge in [-0.05, 0) is 26.7 Å². The molecule has 6 heteroatoms. The van der Waals surface area contributed by atoms with Crippen molar-refractivity contribution in [2.24, 2.45) is 11.1 Å². The van der Waals surface area contributed by atoms with Gasteiger partial charge in [0.15, 0.2) is 0 Å². The van der Waals surface area contributed by atoms with Crippen molar-refractivity contribution in [1.82, 2.24) is 5.32 Å². The van der Waals surface area contributed by atoms with Gasteiger partial charge in [-0.1, -0.05) is 0 Å². The molecule has 0 aliphatic heterocycles. The molecule has 0 fully saturated rings. The third kappa shape index (κ3) is 4.77. The summed E-state index contributed by atoms with van der Waals surface area (Å²) in [4.78, 5) is 32.5. The van der Waals surface area contributed by atoms with Gasteiger partial charge in [0, 0.05) is 13.0 Å². The summed E-state index contributed by atoms with van der Waals surface area (Å²) in [6.07, 6.45) is 1.46. The van der Waals surface area contributed by atoms with E-state index in [1.165, 1.54) is 13.8 Å². The molecule has 0 saturated heterocycles. The van der Waals surface area contributed by atoms with E-state index in [1.807, 2.05) is 0 Å². The van der Waals surface area contributed by atoms with Crippen molar-refractivity contribution in [1.29, 1.82) is 0 Å². The second kappa shape index (κ2) is 6.09. The summed E-state index contributed by atoms with van der Waals surface area (Å²) in [6, 6.07) is 0. The molecular formula is C10H18N2O4. The first kappa shape index (κ1) is 14.4. The quantitative estimate of drug-likeness (QED) is 0.418. The number of hydrogen-bond donors (Lipinski definition) is 3. The predicted octanol–water partition coefficient (Wildman–Crippen LogP) is -0.131. The molecule has 2 amide bonds. The monoisotopic (exact) mass is 230 g/mol. The minimum atomic E-state index is -1.43. The number of nitrogens with one attached hydrogen (secondary N) is 1. The number of primary amides is 1. The summed E-state index contributed by atoms with van der Waals surface area (Å²) in [6.45, 7) is 3.03. The second-order valence-electron chi connectivity index (χ2n) is 4.11. The van der Waals surface area contributed by atoms with Gasteiger partial charge in [-0.3, -0.25) is 14.4 Å². The number of carbonyl (C=O) groups excluding carboxylic acids is 2. The smallest absolute Gasteiger partial charge is 0.318 e. The first-order valence-corrected chi connectivity index (χ1v) is 5.08. The van der Waals surface area contributed by atoms with E-state index in [-0.39, 0.29) is 12.3 Å². The zero-order valence-corrected chi connectivity index (χ0v) is 9.58. The fourth-order valence-corrected chi connectivity index (χ4v) is 0.944. The van der Waals surface area contributed by atoms with E-state index in [2.05, 4.69) is 5.32 Å². The zero-order valence-electron chi connectivity index (χ0n) is 9.58. The molecule has 0 aromatic heterocycles.